The van der Waals surface area contributed by atoms with Crippen LogP contribution in [-0.2, 0) is 21.2 Å². The van der Waals surface area contributed by atoms with Crippen LogP contribution < -0.4 is 14.5 Å². The van der Waals surface area contributed by atoms with Gasteiger partial charge in [-0.25, -0.2) is 18.4 Å². The Morgan fingerprint density at radius 3 is 2.54 bits per heavy atom. The first-order valence-corrected chi connectivity index (χ1v) is 10.1. The Labute approximate surface area is 151 Å². The van der Waals surface area contributed by atoms with E-state index in [1.807, 2.05) is 4.90 Å². The van der Waals surface area contributed by atoms with Crippen LogP contribution in [0.3, 0.4) is 0 Å². The van der Waals surface area contributed by atoms with Crippen molar-refractivity contribution in [2.24, 2.45) is 0 Å². The number of rotatable bonds is 4. The Balaban J connectivity index is 1.78. The molecule has 2 aliphatic heterocycles. The third-order valence-corrected chi connectivity index (χ3v) is 5.42. The molecule has 11 heteroatoms. The number of nitrogens with zero attached hydrogens (tertiary/aromatic N) is 6. The minimum absolute atomic E-state index is 0.347. The van der Waals surface area contributed by atoms with Gasteiger partial charge in [0.25, 0.3) is 0 Å². The lowest BCUT2D eigenvalue weighted by atomic mass is 10.2. The topological polar surface area (TPSA) is 113 Å². The lowest BCUT2D eigenvalue weighted by molar-refractivity contribution is 0.122. The summed E-state index contributed by atoms with van der Waals surface area (Å²) in [4.78, 5) is 19.5. The van der Waals surface area contributed by atoms with Crippen molar-refractivity contribution in [1.29, 1.82) is 0 Å². The van der Waals surface area contributed by atoms with Crippen LogP contribution in [0.2, 0.25) is 0 Å². The van der Waals surface area contributed by atoms with E-state index >= 15 is 0 Å². The highest BCUT2D eigenvalue weighted by Crippen LogP contribution is 2.35. The Bertz CT molecular complexity index is 901. The fourth-order valence-electron chi connectivity index (χ4n) is 3.02. The standard InChI is InChI=1S/C15H19N7O3S/c1-26(23,24)22-6-3-11-12(18-14-16-4-2-5-17-14)19-15(20-13(11)22)21-7-9-25-10-8-21/h2,4-5H,3,6-10H2,1H3,(H,16,17,18,19,20). The zero-order chi connectivity index (χ0) is 18.1. The zero-order valence-corrected chi connectivity index (χ0v) is 15.1. The highest BCUT2D eigenvalue weighted by molar-refractivity contribution is 7.92. The highest BCUT2D eigenvalue weighted by Gasteiger charge is 2.32. The van der Waals surface area contributed by atoms with Crippen molar-refractivity contribution < 1.29 is 13.2 Å². The largest absolute Gasteiger partial charge is 0.378 e. The first kappa shape index (κ1) is 16.9. The van der Waals surface area contributed by atoms with Crippen molar-refractivity contribution in [2.75, 3.05) is 53.6 Å². The highest BCUT2D eigenvalue weighted by atomic mass is 32.2. The molecule has 2 aromatic rings. The molecule has 10 nitrogen and oxygen atoms in total. The van der Waals surface area contributed by atoms with E-state index in [0.29, 0.717) is 62.8 Å². The van der Waals surface area contributed by atoms with E-state index in [2.05, 4.69) is 25.3 Å². The van der Waals surface area contributed by atoms with E-state index in [1.165, 1.54) is 10.6 Å². The molecule has 1 saturated heterocycles. The first-order chi connectivity index (χ1) is 12.5. The van der Waals surface area contributed by atoms with E-state index in [-0.39, 0.29) is 0 Å². The van der Waals surface area contributed by atoms with Crippen molar-refractivity contribution in [2.45, 2.75) is 6.42 Å². The Morgan fingerprint density at radius 2 is 1.85 bits per heavy atom. The molecule has 0 amide bonds. The molecule has 2 aliphatic rings. The van der Waals surface area contributed by atoms with Crippen LogP contribution >= 0.6 is 0 Å². The van der Waals surface area contributed by atoms with Gasteiger partial charge in [-0.2, -0.15) is 9.97 Å². The summed E-state index contributed by atoms with van der Waals surface area (Å²) in [6, 6.07) is 1.72. The van der Waals surface area contributed by atoms with Crippen LogP contribution in [0.15, 0.2) is 18.5 Å². The molecule has 0 radical (unpaired) electrons. The summed E-state index contributed by atoms with van der Waals surface area (Å²) < 4.78 is 31.0. The van der Waals surface area contributed by atoms with E-state index in [9.17, 15) is 8.42 Å². The first-order valence-electron chi connectivity index (χ1n) is 8.28. The van der Waals surface area contributed by atoms with Gasteiger partial charge in [0, 0.05) is 37.6 Å². The summed E-state index contributed by atoms with van der Waals surface area (Å²) in [6.45, 7) is 2.82. The fraction of sp³-hybridized carbons (Fsp3) is 0.467. The van der Waals surface area contributed by atoms with Gasteiger partial charge >= 0.3 is 0 Å². The van der Waals surface area contributed by atoms with Gasteiger partial charge in [-0.3, -0.25) is 4.31 Å². The molecule has 0 atom stereocenters. The molecule has 0 aromatic carbocycles. The molecule has 1 N–H and O–H groups in total. The van der Waals surface area contributed by atoms with Crippen molar-refractivity contribution in [3.05, 3.63) is 24.0 Å². The molecule has 4 heterocycles. The monoisotopic (exact) mass is 377 g/mol. The summed E-state index contributed by atoms with van der Waals surface area (Å²) in [5, 5.41) is 3.10. The van der Waals surface area contributed by atoms with E-state index in [1.54, 1.807) is 18.5 Å². The molecule has 0 aliphatic carbocycles. The molecule has 4 rings (SSSR count). The van der Waals surface area contributed by atoms with Gasteiger partial charge in [-0.05, 0) is 12.5 Å². The van der Waals surface area contributed by atoms with Gasteiger partial charge in [0.15, 0.2) is 5.82 Å². The third kappa shape index (κ3) is 3.27. The Hall–Kier alpha value is -2.53. The van der Waals surface area contributed by atoms with Crippen LogP contribution in [0.5, 0.6) is 0 Å². The SMILES string of the molecule is CS(=O)(=O)N1CCc2c(Nc3ncccn3)nc(N3CCOCC3)nc21. The fourth-order valence-corrected chi connectivity index (χ4v) is 3.91. The smallest absolute Gasteiger partial charge is 0.233 e. The number of anilines is 4. The Kier molecular flexibility index (Phi) is 4.32. The maximum Gasteiger partial charge on any atom is 0.233 e. The average Bonchev–Trinajstić information content (AvgIpc) is 3.08. The van der Waals surface area contributed by atoms with Gasteiger partial charge in [0.2, 0.25) is 21.9 Å². The Morgan fingerprint density at radius 1 is 1.12 bits per heavy atom. The summed E-state index contributed by atoms with van der Waals surface area (Å²) in [6.07, 6.45) is 4.97. The number of sulfonamides is 1. The maximum absolute atomic E-state index is 12.1. The lowest BCUT2D eigenvalue weighted by Gasteiger charge is -2.28. The zero-order valence-electron chi connectivity index (χ0n) is 14.3. The van der Waals surface area contributed by atoms with Crippen LogP contribution in [0, 0.1) is 0 Å². The molecule has 2 aromatic heterocycles. The van der Waals surface area contributed by atoms with Crippen LogP contribution in [0.1, 0.15) is 5.56 Å². The molecular weight excluding hydrogens is 358 g/mol. The predicted molar refractivity (Wildman–Crippen MR) is 96.3 cm³/mol. The van der Waals surface area contributed by atoms with Crippen molar-refractivity contribution >= 4 is 33.6 Å². The van der Waals surface area contributed by atoms with Gasteiger partial charge in [0.1, 0.15) is 5.82 Å². The molecular formula is C15H19N7O3S. The normalized spacial score (nSPS) is 17.3. The third-order valence-electron chi connectivity index (χ3n) is 4.26. The van der Waals surface area contributed by atoms with Gasteiger partial charge in [0.05, 0.1) is 19.5 Å². The molecule has 138 valence electrons. The van der Waals surface area contributed by atoms with Gasteiger partial charge < -0.3 is 15.0 Å². The summed E-state index contributed by atoms with van der Waals surface area (Å²) >= 11 is 0. The number of fused-ring (bicyclic) bond motifs is 1. The predicted octanol–water partition coefficient (Wildman–Crippen LogP) is 0.169. The lowest BCUT2D eigenvalue weighted by Crippen LogP contribution is -2.38. The average molecular weight is 377 g/mol. The minimum atomic E-state index is -3.41. The second kappa shape index (κ2) is 6.65. The number of hydrogen-bond donors (Lipinski definition) is 1. The minimum Gasteiger partial charge on any atom is -0.378 e. The number of morpholine rings is 1. The number of aromatic nitrogens is 4. The molecule has 0 unspecified atom stereocenters. The molecule has 26 heavy (non-hydrogen) atoms. The van der Waals surface area contributed by atoms with Crippen molar-refractivity contribution in [3.63, 3.8) is 0 Å². The van der Waals surface area contributed by atoms with E-state index < -0.39 is 10.0 Å². The number of nitrogens with one attached hydrogen (secondary N) is 1. The van der Waals surface area contributed by atoms with Gasteiger partial charge in [-0.1, -0.05) is 0 Å². The van der Waals surface area contributed by atoms with Crippen molar-refractivity contribution in [3.8, 4) is 0 Å². The molecule has 1 fully saturated rings. The summed E-state index contributed by atoms with van der Waals surface area (Å²) in [5.74, 6) is 1.83. The molecule has 0 bridgehead atoms. The number of ether oxygens (including phenoxy) is 1. The quantitative estimate of drug-likeness (QED) is 0.796. The summed E-state index contributed by atoms with van der Waals surface area (Å²) in [5.41, 5.74) is 0.750. The number of hydrogen-bond acceptors (Lipinski definition) is 9. The molecule has 0 saturated carbocycles. The second-order valence-corrected chi connectivity index (χ2v) is 7.96. The van der Waals surface area contributed by atoms with Crippen molar-refractivity contribution in [1.82, 2.24) is 19.9 Å². The van der Waals surface area contributed by atoms with Crippen LogP contribution in [0.25, 0.3) is 0 Å². The van der Waals surface area contributed by atoms with Crippen LogP contribution in [0.4, 0.5) is 23.5 Å². The van der Waals surface area contributed by atoms with E-state index in [4.69, 9.17) is 4.74 Å². The maximum atomic E-state index is 12.1. The van der Waals surface area contributed by atoms with Gasteiger partial charge in [-0.15, -0.1) is 0 Å². The van der Waals surface area contributed by atoms with E-state index in [0.717, 1.165) is 5.56 Å². The second-order valence-electron chi connectivity index (χ2n) is 6.06. The summed E-state index contributed by atoms with van der Waals surface area (Å²) in [7, 11) is -3.41. The van der Waals surface area contributed by atoms with Crippen LogP contribution in [-0.4, -0.2) is 67.5 Å². The molecule has 0 spiro atoms.